The predicted molar refractivity (Wildman–Crippen MR) is 72.6 cm³/mol. The maximum absolute atomic E-state index is 11.0. The predicted octanol–water partition coefficient (Wildman–Crippen LogP) is 1.95. The highest BCUT2D eigenvalue weighted by molar-refractivity contribution is 5.61. The van der Waals surface area contributed by atoms with Crippen LogP contribution in [-0.2, 0) is 0 Å². The molecule has 0 bridgehead atoms. The third kappa shape index (κ3) is 4.10. The van der Waals surface area contributed by atoms with Crippen LogP contribution in [0.25, 0.3) is 0 Å². The molecule has 0 saturated carbocycles. The molecule has 0 spiro atoms. The van der Waals surface area contributed by atoms with E-state index in [1.54, 1.807) is 4.90 Å². The van der Waals surface area contributed by atoms with E-state index < -0.39 is 4.92 Å². The van der Waals surface area contributed by atoms with Crippen LogP contribution < -0.4 is 10.6 Å². The minimum Gasteiger partial charge on any atom is -0.384 e. The largest absolute Gasteiger partial charge is 0.384 e. The number of nitrogen functional groups attached to an aromatic ring is 1. The highest BCUT2D eigenvalue weighted by Gasteiger charge is 2.22. The van der Waals surface area contributed by atoms with E-state index in [1.807, 2.05) is 19.9 Å². The Morgan fingerprint density at radius 3 is 2.79 bits per heavy atom. The van der Waals surface area contributed by atoms with Crippen molar-refractivity contribution in [2.24, 2.45) is 5.92 Å². The fourth-order valence-electron chi connectivity index (χ4n) is 1.74. The van der Waals surface area contributed by atoms with E-state index in [-0.39, 0.29) is 23.7 Å². The van der Waals surface area contributed by atoms with E-state index in [9.17, 15) is 10.1 Å². The summed E-state index contributed by atoms with van der Waals surface area (Å²) in [5.41, 5.74) is 5.51. The second-order valence-corrected chi connectivity index (χ2v) is 4.58. The summed E-state index contributed by atoms with van der Waals surface area (Å²) >= 11 is 0. The van der Waals surface area contributed by atoms with E-state index in [1.165, 1.54) is 12.1 Å². The Kier molecular flexibility index (Phi) is 5.06. The Bertz CT molecular complexity index is 495. The number of anilines is 2. The summed E-state index contributed by atoms with van der Waals surface area (Å²) in [6.45, 7) is 4.97. The lowest BCUT2D eigenvalue weighted by molar-refractivity contribution is -0.384. The molecule has 0 amide bonds. The lowest BCUT2D eigenvalue weighted by atomic mass is 10.2. The van der Waals surface area contributed by atoms with Gasteiger partial charge in [0, 0.05) is 19.2 Å². The molecule has 1 aromatic heterocycles. The fraction of sp³-hybridized carbons (Fsp3) is 0.500. The molecule has 1 heterocycles. The van der Waals surface area contributed by atoms with Crippen LogP contribution in [0.1, 0.15) is 20.3 Å². The summed E-state index contributed by atoms with van der Waals surface area (Å²) in [6.07, 6.45) is 0.278. The zero-order chi connectivity index (χ0) is 14.4. The lowest BCUT2D eigenvalue weighted by Crippen LogP contribution is -2.30. The standard InChI is InChI=1S/C12H17N5O2/c1-9(2)8-16(7-3-6-13)12-10(17(18)19)4-5-11(14)15-12/h4-5,9H,3,7-8H2,1-2H3,(H2,14,15). The van der Waals surface area contributed by atoms with Gasteiger partial charge in [-0.2, -0.15) is 5.26 Å². The summed E-state index contributed by atoms with van der Waals surface area (Å²) in [5.74, 6) is 0.752. The Labute approximate surface area is 111 Å². The Hall–Kier alpha value is -2.36. The highest BCUT2D eigenvalue weighted by atomic mass is 16.6. The molecule has 0 atom stereocenters. The maximum Gasteiger partial charge on any atom is 0.311 e. The average Bonchev–Trinajstić information content (AvgIpc) is 2.33. The fourth-order valence-corrected chi connectivity index (χ4v) is 1.74. The number of nitrogens with zero attached hydrogens (tertiary/aromatic N) is 4. The molecule has 19 heavy (non-hydrogen) atoms. The van der Waals surface area contributed by atoms with Crippen molar-refractivity contribution in [2.75, 3.05) is 23.7 Å². The molecule has 1 aromatic rings. The molecule has 0 aromatic carbocycles. The minimum absolute atomic E-state index is 0.0900. The van der Waals surface area contributed by atoms with Crippen LogP contribution in [0.3, 0.4) is 0 Å². The molecule has 1 rings (SSSR count). The van der Waals surface area contributed by atoms with Crippen LogP contribution in [0.5, 0.6) is 0 Å². The quantitative estimate of drug-likeness (QED) is 0.620. The molecule has 0 unspecified atom stereocenters. The van der Waals surface area contributed by atoms with Gasteiger partial charge in [0.05, 0.1) is 17.4 Å². The topological polar surface area (TPSA) is 109 Å². The molecular weight excluding hydrogens is 246 g/mol. The first-order valence-corrected chi connectivity index (χ1v) is 5.98. The van der Waals surface area contributed by atoms with Crippen LogP contribution in [0, 0.1) is 27.4 Å². The molecule has 0 aliphatic heterocycles. The van der Waals surface area contributed by atoms with Crippen molar-refractivity contribution in [3.63, 3.8) is 0 Å². The number of aromatic nitrogens is 1. The molecule has 0 radical (unpaired) electrons. The van der Waals surface area contributed by atoms with Crippen molar-refractivity contribution < 1.29 is 4.92 Å². The van der Waals surface area contributed by atoms with Crippen LogP contribution >= 0.6 is 0 Å². The third-order valence-electron chi connectivity index (χ3n) is 2.45. The Morgan fingerprint density at radius 1 is 1.58 bits per heavy atom. The van der Waals surface area contributed by atoms with Gasteiger partial charge in [-0.05, 0) is 12.0 Å². The maximum atomic E-state index is 11.0. The second-order valence-electron chi connectivity index (χ2n) is 4.58. The van der Waals surface area contributed by atoms with Crippen LogP contribution in [0.15, 0.2) is 12.1 Å². The number of nitrogens with two attached hydrogens (primary N) is 1. The zero-order valence-electron chi connectivity index (χ0n) is 11.0. The van der Waals surface area contributed by atoms with Gasteiger partial charge in [0.25, 0.3) is 0 Å². The number of nitriles is 1. The van der Waals surface area contributed by atoms with E-state index >= 15 is 0 Å². The third-order valence-corrected chi connectivity index (χ3v) is 2.45. The first-order chi connectivity index (χ1) is 8.95. The molecule has 7 nitrogen and oxygen atoms in total. The van der Waals surface area contributed by atoms with Crippen molar-refractivity contribution in [2.45, 2.75) is 20.3 Å². The number of hydrogen-bond acceptors (Lipinski definition) is 6. The number of nitro groups is 1. The normalized spacial score (nSPS) is 10.2. The van der Waals surface area contributed by atoms with Gasteiger partial charge in [-0.25, -0.2) is 4.98 Å². The summed E-state index contributed by atoms with van der Waals surface area (Å²) in [4.78, 5) is 16.3. The highest BCUT2D eigenvalue weighted by Crippen LogP contribution is 2.27. The molecule has 7 heteroatoms. The number of pyridine rings is 1. The monoisotopic (exact) mass is 263 g/mol. The van der Waals surface area contributed by atoms with Crippen LogP contribution in [0.4, 0.5) is 17.3 Å². The molecule has 2 N–H and O–H groups in total. The SMILES string of the molecule is CC(C)CN(CCC#N)c1nc(N)ccc1[N+](=O)[O-]. The van der Waals surface area contributed by atoms with E-state index in [4.69, 9.17) is 11.0 Å². The van der Waals surface area contributed by atoms with Crippen molar-refractivity contribution in [3.8, 4) is 6.07 Å². The minimum atomic E-state index is -0.485. The average molecular weight is 263 g/mol. The van der Waals surface area contributed by atoms with Crippen molar-refractivity contribution >= 4 is 17.3 Å². The van der Waals surface area contributed by atoms with Crippen LogP contribution in [0.2, 0.25) is 0 Å². The number of rotatable bonds is 6. The summed E-state index contributed by atoms with van der Waals surface area (Å²) in [7, 11) is 0. The van der Waals surface area contributed by atoms with Crippen LogP contribution in [-0.4, -0.2) is 23.0 Å². The van der Waals surface area contributed by atoms with Gasteiger partial charge >= 0.3 is 5.69 Å². The smallest absolute Gasteiger partial charge is 0.311 e. The first-order valence-electron chi connectivity index (χ1n) is 5.98. The molecule has 0 fully saturated rings. The molecule has 0 saturated heterocycles. The zero-order valence-corrected chi connectivity index (χ0v) is 11.0. The van der Waals surface area contributed by atoms with Gasteiger partial charge < -0.3 is 10.6 Å². The van der Waals surface area contributed by atoms with Gasteiger partial charge in [-0.3, -0.25) is 10.1 Å². The summed E-state index contributed by atoms with van der Waals surface area (Å²) in [5, 5.41) is 19.7. The van der Waals surface area contributed by atoms with Gasteiger partial charge in [0.2, 0.25) is 5.82 Å². The Balaban J connectivity index is 3.15. The van der Waals surface area contributed by atoms with Gasteiger partial charge in [-0.1, -0.05) is 13.8 Å². The van der Waals surface area contributed by atoms with Crippen molar-refractivity contribution in [3.05, 3.63) is 22.2 Å². The van der Waals surface area contributed by atoms with Gasteiger partial charge in [0.1, 0.15) is 5.82 Å². The lowest BCUT2D eigenvalue weighted by Gasteiger charge is -2.24. The van der Waals surface area contributed by atoms with E-state index in [0.29, 0.717) is 19.0 Å². The molecule has 102 valence electrons. The molecule has 0 aliphatic rings. The molecular formula is C12H17N5O2. The first kappa shape index (κ1) is 14.7. The molecule has 0 aliphatic carbocycles. The van der Waals surface area contributed by atoms with Crippen molar-refractivity contribution in [1.82, 2.24) is 4.98 Å². The van der Waals surface area contributed by atoms with Crippen molar-refractivity contribution in [1.29, 1.82) is 5.26 Å². The van der Waals surface area contributed by atoms with Gasteiger partial charge in [0.15, 0.2) is 0 Å². The van der Waals surface area contributed by atoms with Gasteiger partial charge in [-0.15, -0.1) is 0 Å². The number of hydrogen-bond donors (Lipinski definition) is 1. The summed E-state index contributed by atoms with van der Waals surface area (Å²) in [6, 6.07) is 4.78. The summed E-state index contributed by atoms with van der Waals surface area (Å²) < 4.78 is 0. The second kappa shape index (κ2) is 6.54. The Morgan fingerprint density at radius 2 is 2.26 bits per heavy atom. The van der Waals surface area contributed by atoms with E-state index in [2.05, 4.69) is 4.98 Å². The van der Waals surface area contributed by atoms with E-state index in [0.717, 1.165) is 0 Å².